The van der Waals surface area contributed by atoms with Gasteiger partial charge in [-0.05, 0) is 19.9 Å². The van der Waals surface area contributed by atoms with Crippen molar-refractivity contribution in [1.82, 2.24) is 0 Å². The molecule has 0 atom stereocenters. The average Bonchev–Trinajstić information content (AvgIpc) is 3.12. The van der Waals surface area contributed by atoms with Crippen molar-refractivity contribution in [2.75, 3.05) is 54.0 Å². The Hall–Kier alpha value is -0.901. The van der Waals surface area contributed by atoms with Gasteiger partial charge in [0.25, 0.3) is 0 Å². The van der Waals surface area contributed by atoms with E-state index in [1.807, 2.05) is 0 Å². The van der Waals surface area contributed by atoms with E-state index in [0.717, 1.165) is 39.3 Å². The predicted octanol–water partition coefficient (Wildman–Crippen LogP) is 9.82. The molecule has 0 N–H and O–H groups in total. The Morgan fingerprint density at radius 1 is 0.500 bits per heavy atom. The van der Waals surface area contributed by atoms with Crippen LogP contribution in [0.2, 0.25) is 29.9 Å². The summed E-state index contributed by atoms with van der Waals surface area (Å²) in [5.41, 5.74) is 9.40. The van der Waals surface area contributed by atoms with Crippen molar-refractivity contribution in [1.29, 1.82) is 0 Å². The van der Waals surface area contributed by atoms with E-state index >= 15 is 0 Å². The standard InChI is InChI=1S/3C10H14N.2C3H7.2C2H5.2CH3.Al.Ga.In/c3*1-3-11(4-2)10-8-6-5-7-9-10;2*1-3-2;2*1-2;;;;;/h3*5-8H,3-4H2,1-2H3;2*1,3H2,2H3;2*1H2,2H3;2*1H3;;;. The molecule has 0 aliphatic carbocycles. The van der Waals surface area contributed by atoms with Crippen molar-refractivity contribution in [2.45, 2.75) is 112 Å². The zero-order valence-corrected chi connectivity index (χ0v) is 40.4. The van der Waals surface area contributed by atoms with Gasteiger partial charge in [-0.1, -0.05) is 47.0 Å². The first-order chi connectivity index (χ1) is 23.3. The molecule has 3 rings (SSSR count). The Bertz CT molecular complexity index is 1190. The summed E-state index contributed by atoms with van der Waals surface area (Å²) in [4.78, 5) is 7.48. The van der Waals surface area contributed by atoms with E-state index in [2.05, 4.69) is 168 Å². The molecule has 0 heterocycles. The van der Waals surface area contributed by atoms with Gasteiger partial charge in [-0.3, -0.25) is 0 Å². The summed E-state index contributed by atoms with van der Waals surface area (Å²) < 4.78 is 8.12. The van der Waals surface area contributed by atoms with Crippen molar-refractivity contribution >= 4 is 80.7 Å². The molecule has 0 bridgehead atoms. The molecule has 3 nitrogen and oxygen atoms in total. The fraction of sp³-hybridized carbons (Fsp3) is 0.571. The quantitative estimate of drug-likeness (QED) is 0.118. The zero-order valence-electron chi connectivity index (χ0n) is 33.5. The molecule has 0 amide bonds. The summed E-state index contributed by atoms with van der Waals surface area (Å²) in [5.74, 6) is 0. The average molecular weight is 831 g/mol. The second-order valence-electron chi connectivity index (χ2n) is 13.1. The molecule has 3 aromatic carbocycles. The van der Waals surface area contributed by atoms with Gasteiger partial charge in [0.2, 0.25) is 0 Å². The molecule has 0 aliphatic heterocycles. The number of rotatable bonds is 18. The van der Waals surface area contributed by atoms with Crippen molar-refractivity contribution in [3.8, 4) is 0 Å². The first-order valence-electron chi connectivity index (χ1n) is 19.8. The third-order valence-electron chi connectivity index (χ3n) is 9.88. The number of anilines is 3. The van der Waals surface area contributed by atoms with Gasteiger partial charge in [0.15, 0.2) is 0 Å². The maximum atomic E-state index is 2.53. The van der Waals surface area contributed by atoms with Gasteiger partial charge >= 0.3 is 229 Å². The van der Waals surface area contributed by atoms with Gasteiger partial charge in [-0.25, -0.2) is 0 Å². The van der Waals surface area contributed by atoms with E-state index in [0.29, 0.717) is 0 Å². The van der Waals surface area contributed by atoms with Crippen LogP contribution < -0.4 is 26.6 Å². The minimum atomic E-state index is -1.52. The Kier molecular flexibility index (Phi) is 25.2. The van der Waals surface area contributed by atoms with Gasteiger partial charge in [-0.2, -0.15) is 0 Å². The van der Waals surface area contributed by atoms with Crippen LogP contribution in [0.4, 0.5) is 17.1 Å². The Labute approximate surface area is 316 Å². The molecule has 48 heavy (non-hydrogen) atoms. The summed E-state index contributed by atoms with van der Waals surface area (Å²) in [6.45, 7) is 29.6. The number of nitrogens with zero attached hydrogens (tertiary/aromatic N) is 3. The molecule has 0 radical (unpaired) electrons. The van der Waals surface area contributed by atoms with Gasteiger partial charge < -0.3 is 4.90 Å². The van der Waals surface area contributed by atoms with Crippen molar-refractivity contribution in [3.63, 3.8) is 0 Å². The molecule has 0 saturated carbocycles. The molecule has 0 saturated heterocycles. The Balaban J connectivity index is 0.000000363. The zero-order chi connectivity index (χ0) is 35.9. The van der Waals surface area contributed by atoms with Gasteiger partial charge in [0.1, 0.15) is 0 Å². The summed E-state index contributed by atoms with van der Waals surface area (Å²) in [6.07, 6.45) is 2.74. The van der Waals surface area contributed by atoms with E-state index in [1.54, 1.807) is 17.6 Å². The van der Waals surface area contributed by atoms with Crippen LogP contribution in [0.25, 0.3) is 0 Å². The monoisotopic (exact) mass is 829 g/mol. The fourth-order valence-corrected chi connectivity index (χ4v) is 22.1. The second-order valence-corrected chi connectivity index (χ2v) is 32.0. The summed E-state index contributed by atoms with van der Waals surface area (Å²) in [7, 11) is 0. The molecule has 264 valence electrons. The van der Waals surface area contributed by atoms with Crippen LogP contribution in [-0.4, -0.2) is 91.1 Å². The Morgan fingerprint density at radius 2 is 0.896 bits per heavy atom. The summed E-state index contributed by atoms with van der Waals surface area (Å²) in [5, 5.41) is 2.74. The number of hydrogen-bond acceptors (Lipinski definition) is 3. The first kappa shape index (κ1) is 45.1. The van der Waals surface area contributed by atoms with Gasteiger partial charge in [-0.15, -0.1) is 0 Å². The molecule has 6 heteroatoms. The van der Waals surface area contributed by atoms with Gasteiger partial charge in [0, 0.05) is 18.8 Å². The van der Waals surface area contributed by atoms with Crippen LogP contribution >= 0.6 is 0 Å². The van der Waals surface area contributed by atoms with Gasteiger partial charge in [0.05, 0.1) is 0 Å². The third-order valence-corrected chi connectivity index (χ3v) is 28.0. The van der Waals surface area contributed by atoms with E-state index in [4.69, 9.17) is 0 Å². The predicted molar refractivity (Wildman–Crippen MR) is 229 cm³/mol. The van der Waals surface area contributed by atoms with Crippen LogP contribution in [0.3, 0.4) is 0 Å². The van der Waals surface area contributed by atoms with Crippen molar-refractivity contribution < 1.29 is 0 Å². The number of hydrogen-bond donors (Lipinski definition) is 0. The van der Waals surface area contributed by atoms with Crippen LogP contribution in [0.5, 0.6) is 0 Å². The van der Waals surface area contributed by atoms with Crippen LogP contribution in [0, 0.1) is 0 Å². The molecule has 0 unspecified atom stereocenters. The summed E-state index contributed by atoms with van der Waals surface area (Å²) >= 11 is -3.38. The molecule has 0 aliphatic rings. The van der Waals surface area contributed by atoms with Crippen molar-refractivity contribution in [3.05, 3.63) is 72.8 Å². The summed E-state index contributed by atoms with van der Waals surface area (Å²) in [6, 6.07) is 27.2. The number of benzene rings is 3. The fourth-order valence-electron chi connectivity index (χ4n) is 7.08. The molecule has 0 fully saturated rings. The van der Waals surface area contributed by atoms with Crippen LogP contribution in [-0.2, 0) is 0 Å². The normalized spacial score (nSPS) is 10.2. The second kappa shape index (κ2) is 26.8. The number of para-hydroxylation sites is 3. The SMILES string of the molecule is CCN(CC)c1cccc[c]1[Al]([CH2]C)[CH2]C.CCN(CC)c1cccc[c]1[Ga]([CH3])[CH3].CC[CH2][In]([CH2]CC)[c]1ccccc1N(CC)CC. The van der Waals surface area contributed by atoms with Crippen molar-refractivity contribution in [2.24, 2.45) is 0 Å². The minimum absolute atomic E-state index is 0.715. The Morgan fingerprint density at radius 3 is 1.35 bits per heavy atom. The van der Waals surface area contributed by atoms with Crippen LogP contribution in [0.15, 0.2) is 72.8 Å². The van der Waals surface area contributed by atoms with E-state index < -0.39 is 51.8 Å². The molecule has 0 aromatic heterocycles. The van der Waals surface area contributed by atoms with Crippen LogP contribution in [0.1, 0.15) is 82.1 Å². The molecule has 3 aromatic rings. The van der Waals surface area contributed by atoms with E-state index in [1.165, 1.54) is 43.1 Å². The first-order valence-corrected chi connectivity index (χ1v) is 34.4. The maximum absolute atomic E-state index is 2.53. The topological polar surface area (TPSA) is 9.72 Å². The molecular weight excluding hydrogens is 758 g/mol. The van der Waals surface area contributed by atoms with E-state index in [9.17, 15) is 0 Å². The molecular formula is C42H72AlGaInN3. The van der Waals surface area contributed by atoms with E-state index in [-0.39, 0.29) is 0 Å². The third kappa shape index (κ3) is 14.4. The molecule has 0 spiro atoms.